The first-order chi connectivity index (χ1) is 9.99. The van der Waals surface area contributed by atoms with Gasteiger partial charge < -0.3 is 20.5 Å². The van der Waals surface area contributed by atoms with Gasteiger partial charge >= 0.3 is 6.61 Å². The summed E-state index contributed by atoms with van der Waals surface area (Å²) in [5.41, 5.74) is 5.58. The number of alkyl halides is 2. The summed E-state index contributed by atoms with van der Waals surface area (Å²) in [6, 6.07) is 3.20. The minimum absolute atomic E-state index is 0.138. The van der Waals surface area contributed by atoms with Crippen LogP contribution in [-0.4, -0.2) is 31.3 Å². The minimum Gasteiger partial charge on any atom is -0.432 e. The molecule has 1 heterocycles. The Balaban J connectivity index is 1.97. The third kappa shape index (κ3) is 4.08. The molecule has 1 fully saturated rings. The SMILES string of the molecule is NC[C@H]1CC[C@@H](C(=O)Nc2ccc(OC(F)F)c(F)c2)O1. The van der Waals surface area contributed by atoms with Crippen LogP contribution in [-0.2, 0) is 9.53 Å². The molecule has 116 valence electrons. The standard InChI is InChI=1S/C13H15F3N2O3/c14-9-5-7(1-3-10(9)21-13(15)16)18-12(19)11-4-2-8(6-17)20-11/h1,3,5,8,11,13H,2,4,6,17H2,(H,18,19)/t8-,11+/m1/s1. The number of hydrogen-bond acceptors (Lipinski definition) is 4. The van der Waals surface area contributed by atoms with E-state index in [4.69, 9.17) is 10.5 Å². The lowest BCUT2D eigenvalue weighted by atomic mass is 10.2. The van der Waals surface area contributed by atoms with Crippen molar-refractivity contribution in [1.82, 2.24) is 0 Å². The zero-order valence-electron chi connectivity index (χ0n) is 11.0. The van der Waals surface area contributed by atoms with E-state index in [1.54, 1.807) is 0 Å². The highest BCUT2D eigenvalue weighted by atomic mass is 19.3. The Morgan fingerprint density at radius 1 is 1.48 bits per heavy atom. The Kier molecular flexibility index (Phi) is 5.03. The monoisotopic (exact) mass is 304 g/mol. The van der Waals surface area contributed by atoms with E-state index in [-0.39, 0.29) is 11.8 Å². The van der Waals surface area contributed by atoms with Crippen LogP contribution in [0.25, 0.3) is 0 Å². The number of carbonyl (C=O) groups excluding carboxylic acids is 1. The molecule has 0 aromatic heterocycles. The van der Waals surface area contributed by atoms with E-state index in [0.29, 0.717) is 19.4 Å². The molecule has 2 atom stereocenters. The average Bonchev–Trinajstić information content (AvgIpc) is 2.90. The second kappa shape index (κ2) is 6.77. The lowest BCUT2D eigenvalue weighted by Gasteiger charge is -2.13. The fourth-order valence-corrected chi connectivity index (χ4v) is 2.06. The number of anilines is 1. The van der Waals surface area contributed by atoms with Crippen molar-refractivity contribution in [1.29, 1.82) is 0 Å². The molecule has 3 N–H and O–H groups in total. The highest BCUT2D eigenvalue weighted by Gasteiger charge is 2.29. The van der Waals surface area contributed by atoms with Gasteiger partial charge in [-0.05, 0) is 25.0 Å². The number of halogens is 3. The quantitative estimate of drug-likeness (QED) is 0.871. The largest absolute Gasteiger partial charge is 0.432 e. The molecule has 1 aliphatic rings. The fourth-order valence-electron chi connectivity index (χ4n) is 2.06. The van der Waals surface area contributed by atoms with Gasteiger partial charge in [0.05, 0.1) is 6.10 Å². The maximum atomic E-state index is 13.5. The summed E-state index contributed by atoms with van der Waals surface area (Å²) >= 11 is 0. The molecule has 0 spiro atoms. The van der Waals surface area contributed by atoms with Crippen LogP contribution in [0.15, 0.2) is 18.2 Å². The predicted octanol–water partition coefficient (Wildman–Crippen LogP) is 1.87. The summed E-state index contributed by atoms with van der Waals surface area (Å²) in [5, 5.41) is 2.46. The summed E-state index contributed by atoms with van der Waals surface area (Å²) < 4.78 is 46.9. The summed E-state index contributed by atoms with van der Waals surface area (Å²) in [5.74, 6) is -1.99. The van der Waals surface area contributed by atoms with E-state index in [0.717, 1.165) is 12.1 Å². The Morgan fingerprint density at radius 3 is 2.81 bits per heavy atom. The van der Waals surface area contributed by atoms with Crippen molar-refractivity contribution in [3.8, 4) is 5.75 Å². The number of carbonyl (C=O) groups is 1. The smallest absolute Gasteiger partial charge is 0.387 e. The molecule has 8 heteroatoms. The molecule has 1 amide bonds. The van der Waals surface area contributed by atoms with E-state index in [1.807, 2.05) is 0 Å². The van der Waals surface area contributed by atoms with Gasteiger partial charge in [0.1, 0.15) is 6.10 Å². The third-order valence-corrected chi connectivity index (χ3v) is 3.08. The topological polar surface area (TPSA) is 73.6 Å². The van der Waals surface area contributed by atoms with E-state index in [1.165, 1.54) is 6.07 Å². The van der Waals surface area contributed by atoms with E-state index < -0.39 is 30.2 Å². The van der Waals surface area contributed by atoms with E-state index in [9.17, 15) is 18.0 Å². The molecule has 2 rings (SSSR count). The molecule has 1 aromatic carbocycles. The van der Waals surface area contributed by atoms with Crippen molar-refractivity contribution < 1.29 is 27.4 Å². The molecule has 0 bridgehead atoms. The number of rotatable bonds is 5. The lowest BCUT2D eigenvalue weighted by molar-refractivity contribution is -0.126. The minimum atomic E-state index is -3.11. The second-order valence-corrected chi connectivity index (χ2v) is 4.57. The van der Waals surface area contributed by atoms with Crippen molar-refractivity contribution in [2.75, 3.05) is 11.9 Å². The Bertz CT molecular complexity index is 513. The molecule has 1 aliphatic heterocycles. The first-order valence-electron chi connectivity index (χ1n) is 6.40. The summed E-state index contributed by atoms with van der Waals surface area (Å²) in [6.07, 6.45) is 0.422. The number of nitrogens with one attached hydrogen (secondary N) is 1. The average molecular weight is 304 g/mol. The molecule has 0 aliphatic carbocycles. The van der Waals surface area contributed by atoms with Crippen LogP contribution < -0.4 is 15.8 Å². The highest BCUT2D eigenvalue weighted by Crippen LogP contribution is 2.24. The van der Waals surface area contributed by atoms with Gasteiger partial charge in [-0.1, -0.05) is 0 Å². The molecule has 1 aromatic rings. The summed E-state index contributed by atoms with van der Waals surface area (Å²) in [7, 11) is 0. The van der Waals surface area contributed by atoms with Gasteiger partial charge in [-0.2, -0.15) is 8.78 Å². The van der Waals surface area contributed by atoms with Crippen molar-refractivity contribution in [3.05, 3.63) is 24.0 Å². The normalized spacial score (nSPS) is 21.6. The number of amides is 1. The zero-order valence-corrected chi connectivity index (χ0v) is 11.0. The highest BCUT2D eigenvalue weighted by molar-refractivity contribution is 5.94. The van der Waals surface area contributed by atoms with Crippen molar-refractivity contribution in [2.24, 2.45) is 5.73 Å². The van der Waals surface area contributed by atoms with Crippen LogP contribution in [0.5, 0.6) is 5.75 Å². The lowest BCUT2D eigenvalue weighted by Crippen LogP contribution is -2.29. The molecule has 0 unspecified atom stereocenters. The van der Waals surface area contributed by atoms with Crippen molar-refractivity contribution in [2.45, 2.75) is 31.7 Å². The number of benzene rings is 1. The Hall–Kier alpha value is -1.80. The Labute approximate surface area is 119 Å². The Morgan fingerprint density at radius 2 is 2.24 bits per heavy atom. The van der Waals surface area contributed by atoms with Gasteiger partial charge in [-0.3, -0.25) is 4.79 Å². The van der Waals surface area contributed by atoms with Crippen LogP contribution in [0.2, 0.25) is 0 Å². The maximum Gasteiger partial charge on any atom is 0.387 e. The number of nitrogens with two attached hydrogens (primary N) is 1. The van der Waals surface area contributed by atoms with Crippen molar-refractivity contribution in [3.63, 3.8) is 0 Å². The molecule has 0 radical (unpaired) electrons. The van der Waals surface area contributed by atoms with Crippen LogP contribution >= 0.6 is 0 Å². The number of hydrogen-bond donors (Lipinski definition) is 2. The van der Waals surface area contributed by atoms with Crippen LogP contribution in [0.1, 0.15) is 12.8 Å². The molecule has 5 nitrogen and oxygen atoms in total. The summed E-state index contributed by atoms with van der Waals surface area (Å²) in [6.45, 7) is -2.78. The first-order valence-corrected chi connectivity index (χ1v) is 6.40. The van der Waals surface area contributed by atoms with Crippen molar-refractivity contribution >= 4 is 11.6 Å². The number of ether oxygens (including phenoxy) is 2. The predicted molar refractivity (Wildman–Crippen MR) is 68.6 cm³/mol. The van der Waals surface area contributed by atoms with Gasteiger partial charge in [0.15, 0.2) is 11.6 Å². The molecule has 0 saturated carbocycles. The van der Waals surface area contributed by atoms with Gasteiger partial charge in [0.2, 0.25) is 0 Å². The molecular weight excluding hydrogens is 289 g/mol. The fraction of sp³-hybridized carbons (Fsp3) is 0.462. The maximum absolute atomic E-state index is 13.5. The van der Waals surface area contributed by atoms with Crippen LogP contribution in [0, 0.1) is 5.82 Å². The van der Waals surface area contributed by atoms with Gasteiger partial charge in [-0.25, -0.2) is 4.39 Å². The molecular formula is C13H15F3N2O3. The van der Waals surface area contributed by atoms with Crippen LogP contribution in [0.3, 0.4) is 0 Å². The van der Waals surface area contributed by atoms with E-state index >= 15 is 0 Å². The molecule has 21 heavy (non-hydrogen) atoms. The van der Waals surface area contributed by atoms with E-state index in [2.05, 4.69) is 10.1 Å². The van der Waals surface area contributed by atoms with Gasteiger partial charge in [-0.15, -0.1) is 0 Å². The summed E-state index contributed by atoms with van der Waals surface area (Å²) in [4.78, 5) is 11.9. The first kappa shape index (κ1) is 15.6. The van der Waals surface area contributed by atoms with Crippen LogP contribution in [0.4, 0.5) is 18.9 Å². The molecule has 1 saturated heterocycles. The zero-order chi connectivity index (χ0) is 15.4. The third-order valence-electron chi connectivity index (χ3n) is 3.08. The second-order valence-electron chi connectivity index (χ2n) is 4.57. The van der Waals surface area contributed by atoms with Gasteiger partial charge in [0, 0.05) is 18.3 Å². The van der Waals surface area contributed by atoms with Gasteiger partial charge in [0.25, 0.3) is 5.91 Å².